The summed E-state index contributed by atoms with van der Waals surface area (Å²) in [6, 6.07) is 15.2. The standard InChI is InChI=1S/C21H25NO/c1-18(22-16-9-5-3-2-4-6-10-17-23)20-15-11-13-19-12-7-8-14-21(19)20/h5,7-9,11-15,18,22-23H,4,6,10,16-17H2,1H3/b9-5+/t18-/m1/s1. The summed E-state index contributed by atoms with van der Waals surface area (Å²) in [7, 11) is 0. The zero-order chi connectivity index (χ0) is 16.3. The molecule has 2 rings (SSSR count). The van der Waals surface area contributed by atoms with Gasteiger partial charge >= 0.3 is 0 Å². The fourth-order valence-electron chi connectivity index (χ4n) is 2.56. The highest BCUT2D eigenvalue weighted by Crippen LogP contribution is 2.23. The number of unbranched alkanes of at least 4 members (excludes halogenated alkanes) is 2. The molecule has 0 saturated carbocycles. The number of fused-ring (bicyclic) bond motifs is 1. The Morgan fingerprint density at radius 3 is 2.83 bits per heavy atom. The van der Waals surface area contributed by atoms with Crippen LogP contribution in [0.5, 0.6) is 0 Å². The first-order valence-electron chi connectivity index (χ1n) is 8.28. The maximum absolute atomic E-state index is 8.68. The van der Waals surface area contributed by atoms with Gasteiger partial charge in [-0.2, -0.15) is 0 Å². The van der Waals surface area contributed by atoms with Crippen LogP contribution >= 0.6 is 0 Å². The Hall–Kier alpha value is -2.08. The molecule has 2 aromatic rings. The Labute approximate surface area is 139 Å². The quantitative estimate of drug-likeness (QED) is 0.593. The molecule has 1 atom stereocenters. The highest BCUT2D eigenvalue weighted by Gasteiger charge is 2.07. The predicted molar refractivity (Wildman–Crippen MR) is 98.2 cm³/mol. The number of hydrogen-bond acceptors (Lipinski definition) is 2. The highest BCUT2D eigenvalue weighted by molar-refractivity contribution is 5.86. The molecule has 0 bridgehead atoms. The second kappa shape index (κ2) is 9.84. The molecule has 0 aliphatic heterocycles. The van der Waals surface area contributed by atoms with Crippen LogP contribution in [-0.2, 0) is 0 Å². The summed E-state index contributed by atoms with van der Waals surface area (Å²) in [6.07, 6.45) is 6.61. The lowest BCUT2D eigenvalue weighted by Gasteiger charge is -2.15. The molecule has 0 aliphatic rings. The van der Waals surface area contributed by atoms with E-state index in [4.69, 9.17) is 5.11 Å². The van der Waals surface area contributed by atoms with E-state index in [0.29, 0.717) is 6.04 Å². The molecule has 120 valence electrons. The van der Waals surface area contributed by atoms with Crippen LogP contribution in [0, 0.1) is 11.8 Å². The second-order valence-electron chi connectivity index (χ2n) is 5.60. The van der Waals surface area contributed by atoms with Gasteiger partial charge in [-0.05, 0) is 42.2 Å². The molecular formula is C21H25NO. The van der Waals surface area contributed by atoms with Crippen LogP contribution in [0.15, 0.2) is 54.6 Å². The lowest BCUT2D eigenvalue weighted by atomic mass is 10.00. The molecule has 0 heterocycles. The molecule has 0 spiro atoms. The Morgan fingerprint density at radius 2 is 1.96 bits per heavy atom. The summed E-state index contributed by atoms with van der Waals surface area (Å²) in [5.74, 6) is 6.12. The second-order valence-corrected chi connectivity index (χ2v) is 5.60. The number of hydrogen-bond donors (Lipinski definition) is 2. The number of aliphatic hydroxyl groups is 1. The highest BCUT2D eigenvalue weighted by atomic mass is 16.2. The van der Waals surface area contributed by atoms with Crippen molar-refractivity contribution in [3.05, 3.63) is 60.2 Å². The van der Waals surface area contributed by atoms with E-state index < -0.39 is 0 Å². The predicted octanol–water partition coefficient (Wildman–Crippen LogP) is 4.21. The zero-order valence-electron chi connectivity index (χ0n) is 13.8. The summed E-state index contributed by atoms with van der Waals surface area (Å²) >= 11 is 0. The third kappa shape index (κ3) is 5.56. The lowest BCUT2D eigenvalue weighted by molar-refractivity contribution is 0.285. The van der Waals surface area contributed by atoms with Gasteiger partial charge < -0.3 is 10.4 Å². The number of nitrogens with one attached hydrogen (secondary N) is 1. The Kier molecular flexibility index (Phi) is 7.39. The molecular weight excluding hydrogens is 282 g/mol. The van der Waals surface area contributed by atoms with Crippen molar-refractivity contribution in [3.63, 3.8) is 0 Å². The van der Waals surface area contributed by atoms with E-state index in [0.717, 1.165) is 25.8 Å². The molecule has 0 aliphatic carbocycles. The summed E-state index contributed by atoms with van der Waals surface area (Å²) in [4.78, 5) is 0. The molecule has 0 unspecified atom stereocenters. The first-order valence-corrected chi connectivity index (χ1v) is 8.28. The van der Waals surface area contributed by atoms with Crippen LogP contribution < -0.4 is 5.32 Å². The van der Waals surface area contributed by atoms with Crippen LogP contribution in [0.25, 0.3) is 10.8 Å². The van der Waals surface area contributed by atoms with Gasteiger partial charge in [-0.15, -0.1) is 0 Å². The Morgan fingerprint density at radius 1 is 1.13 bits per heavy atom. The van der Waals surface area contributed by atoms with E-state index in [1.165, 1.54) is 16.3 Å². The molecule has 0 aromatic heterocycles. The van der Waals surface area contributed by atoms with Gasteiger partial charge in [0.15, 0.2) is 0 Å². The van der Waals surface area contributed by atoms with E-state index in [-0.39, 0.29) is 6.61 Å². The largest absolute Gasteiger partial charge is 0.396 e. The monoisotopic (exact) mass is 307 g/mol. The summed E-state index contributed by atoms with van der Waals surface area (Å²) in [5, 5.41) is 14.8. The first-order chi connectivity index (χ1) is 11.3. The van der Waals surface area contributed by atoms with Crippen molar-refractivity contribution >= 4 is 10.8 Å². The minimum Gasteiger partial charge on any atom is -0.396 e. The normalized spacial score (nSPS) is 12.3. The molecule has 0 saturated heterocycles. The topological polar surface area (TPSA) is 32.3 Å². The van der Waals surface area contributed by atoms with Crippen molar-refractivity contribution in [2.75, 3.05) is 13.2 Å². The van der Waals surface area contributed by atoms with Crippen molar-refractivity contribution in [2.45, 2.75) is 32.2 Å². The van der Waals surface area contributed by atoms with E-state index in [1.807, 2.05) is 6.08 Å². The van der Waals surface area contributed by atoms with Gasteiger partial charge in [-0.3, -0.25) is 0 Å². The van der Waals surface area contributed by atoms with Crippen LogP contribution in [0.3, 0.4) is 0 Å². The molecule has 23 heavy (non-hydrogen) atoms. The lowest BCUT2D eigenvalue weighted by Crippen LogP contribution is -2.18. The average molecular weight is 307 g/mol. The van der Waals surface area contributed by atoms with Gasteiger partial charge in [-0.25, -0.2) is 0 Å². The number of allylic oxidation sites excluding steroid dienone is 1. The smallest absolute Gasteiger partial charge is 0.0431 e. The third-order valence-corrected chi connectivity index (χ3v) is 3.84. The van der Waals surface area contributed by atoms with Crippen molar-refractivity contribution in [1.29, 1.82) is 0 Å². The summed E-state index contributed by atoms with van der Waals surface area (Å²) in [6.45, 7) is 3.25. The molecule has 0 fully saturated rings. The first kappa shape index (κ1) is 17.3. The SMILES string of the molecule is C[C@@H](NC/C=C/C#CCCCCO)c1cccc2ccccc12. The Bertz CT molecular complexity index is 688. The van der Waals surface area contributed by atoms with Gasteiger partial charge in [0.05, 0.1) is 0 Å². The van der Waals surface area contributed by atoms with Gasteiger partial charge in [0, 0.05) is 25.6 Å². The molecule has 0 radical (unpaired) electrons. The zero-order valence-corrected chi connectivity index (χ0v) is 13.8. The van der Waals surface area contributed by atoms with E-state index in [9.17, 15) is 0 Å². The van der Waals surface area contributed by atoms with Gasteiger partial charge in [0.1, 0.15) is 0 Å². The number of rotatable bonds is 7. The molecule has 2 nitrogen and oxygen atoms in total. The fourth-order valence-corrected chi connectivity index (χ4v) is 2.56. The number of benzene rings is 2. The van der Waals surface area contributed by atoms with Gasteiger partial charge in [0.2, 0.25) is 0 Å². The summed E-state index contributed by atoms with van der Waals surface area (Å²) < 4.78 is 0. The van der Waals surface area contributed by atoms with Crippen molar-refractivity contribution < 1.29 is 5.11 Å². The van der Waals surface area contributed by atoms with Crippen molar-refractivity contribution in [2.24, 2.45) is 0 Å². The Balaban J connectivity index is 1.84. The minimum atomic E-state index is 0.257. The van der Waals surface area contributed by atoms with E-state index in [2.05, 4.69) is 72.6 Å². The third-order valence-electron chi connectivity index (χ3n) is 3.84. The molecule has 2 aromatic carbocycles. The number of aliphatic hydroxyl groups excluding tert-OH is 1. The molecule has 0 amide bonds. The van der Waals surface area contributed by atoms with Crippen LogP contribution in [-0.4, -0.2) is 18.3 Å². The maximum Gasteiger partial charge on any atom is 0.0431 e. The van der Waals surface area contributed by atoms with Gasteiger partial charge in [0.25, 0.3) is 0 Å². The molecule has 2 heteroatoms. The van der Waals surface area contributed by atoms with Crippen LogP contribution in [0.4, 0.5) is 0 Å². The van der Waals surface area contributed by atoms with Crippen LogP contribution in [0.2, 0.25) is 0 Å². The molecule has 2 N–H and O–H groups in total. The van der Waals surface area contributed by atoms with Crippen molar-refractivity contribution in [1.82, 2.24) is 5.32 Å². The van der Waals surface area contributed by atoms with Gasteiger partial charge in [-0.1, -0.05) is 60.4 Å². The summed E-state index contributed by atoms with van der Waals surface area (Å²) in [5.41, 5.74) is 1.33. The van der Waals surface area contributed by atoms with E-state index in [1.54, 1.807) is 0 Å². The minimum absolute atomic E-state index is 0.257. The fraction of sp³-hybridized carbons (Fsp3) is 0.333. The maximum atomic E-state index is 8.68. The van der Waals surface area contributed by atoms with E-state index >= 15 is 0 Å². The van der Waals surface area contributed by atoms with Crippen LogP contribution in [0.1, 0.15) is 37.8 Å². The average Bonchev–Trinajstić information content (AvgIpc) is 2.59. The van der Waals surface area contributed by atoms with Crippen molar-refractivity contribution in [3.8, 4) is 11.8 Å².